The molecule has 0 spiro atoms. The SMILES string of the molecule is C=CC(=O)OC(COC(=O)C1=NCCS1)COc1ccc(C(C)(C)c2ccc(OCC(COC(=O)C3=NCCS3)OC(=O)C=C)cc2)cc1. The summed E-state index contributed by atoms with van der Waals surface area (Å²) >= 11 is 2.65. The molecule has 4 rings (SSSR count). The molecule has 2 unspecified atom stereocenters. The first-order valence-electron chi connectivity index (χ1n) is 15.4. The molecule has 2 aromatic rings. The van der Waals surface area contributed by atoms with Crippen LogP contribution in [0.5, 0.6) is 11.5 Å². The van der Waals surface area contributed by atoms with E-state index in [2.05, 4.69) is 37.0 Å². The Hall–Kier alpha value is -4.56. The van der Waals surface area contributed by atoms with Crippen LogP contribution < -0.4 is 9.47 Å². The van der Waals surface area contributed by atoms with Gasteiger partial charge in [0.05, 0.1) is 0 Å². The lowest BCUT2D eigenvalue weighted by atomic mass is 9.78. The number of hydrogen-bond donors (Lipinski definition) is 0. The van der Waals surface area contributed by atoms with Crippen molar-refractivity contribution < 1.29 is 47.6 Å². The maximum atomic E-state index is 12.2. The minimum atomic E-state index is -0.844. The van der Waals surface area contributed by atoms with E-state index in [9.17, 15) is 19.2 Å². The van der Waals surface area contributed by atoms with Crippen LogP contribution in [0.2, 0.25) is 0 Å². The van der Waals surface area contributed by atoms with Crippen molar-refractivity contribution in [2.45, 2.75) is 31.5 Å². The van der Waals surface area contributed by atoms with Crippen LogP contribution in [0.25, 0.3) is 0 Å². The van der Waals surface area contributed by atoms with Crippen LogP contribution in [-0.2, 0) is 43.5 Å². The predicted molar refractivity (Wildman–Crippen MR) is 188 cm³/mol. The lowest BCUT2D eigenvalue weighted by Crippen LogP contribution is -2.31. The van der Waals surface area contributed by atoms with Gasteiger partial charge in [0.2, 0.25) is 0 Å². The second-order valence-electron chi connectivity index (χ2n) is 11.1. The fraction of sp³-hybridized carbons (Fsp3) is 0.371. The van der Waals surface area contributed by atoms with Crippen molar-refractivity contribution >= 4 is 57.5 Å². The maximum Gasteiger partial charge on any atom is 0.363 e. The van der Waals surface area contributed by atoms with Crippen molar-refractivity contribution in [3.05, 3.63) is 85.0 Å². The smallest absolute Gasteiger partial charge is 0.363 e. The molecule has 0 aromatic heterocycles. The largest absolute Gasteiger partial charge is 0.490 e. The Morgan fingerprint density at radius 3 is 1.41 bits per heavy atom. The number of hydrogen-bond acceptors (Lipinski definition) is 14. The van der Waals surface area contributed by atoms with Gasteiger partial charge >= 0.3 is 23.9 Å². The Kier molecular flexibility index (Phi) is 13.9. The van der Waals surface area contributed by atoms with E-state index in [-0.39, 0.29) is 26.4 Å². The molecule has 0 aliphatic carbocycles. The van der Waals surface area contributed by atoms with Crippen LogP contribution in [-0.4, -0.2) is 97.2 Å². The highest BCUT2D eigenvalue weighted by Crippen LogP contribution is 2.33. The molecule has 0 radical (unpaired) electrons. The number of benzene rings is 2. The summed E-state index contributed by atoms with van der Waals surface area (Å²) in [5.41, 5.74) is 1.62. The van der Waals surface area contributed by atoms with Crippen molar-refractivity contribution in [3.63, 3.8) is 0 Å². The number of aliphatic imine (C=N–C) groups is 2. The van der Waals surface area contributed by atoms with Crippen molar-refractivity contribution in [2.24, 2.45) is 9.98 Å². The quantitative estimate of drug-likeness (QED) is 0.123. The third-order valence-corrected chi connectivity index (χ3v) is 9.16. The molecule has 2 atom stereocenters. The topological polar surface area (TPSA) is 148 Å². The number of rotatable bonds is 18. The first-order valence-corrected chi connectivity index (χ1v) is 17.4. The Labute approximate surface area is 293 Å². The summed E-state index contributed by atoms with van der Waals surface area (Å²) in [7, 11) is 0. The molecule has 0 saturated carbocycles. The van der Waals surface area contributed by atoms with Crippen LogP contribution in [0.3, 0.4) is 0 Å². The van der Waals surface area contributed by atoms with Gasteiger partial charge in [0.1, 0.15) is 37.9 Å². The fourth-order valence-corrected chi connectivity index (χ4v) is 5.99. The van der Waals surface area contributed by atoms with Crippen molar-refractivity contribution in [1.82, 2.24) is 0 Å². The first kappa shape index (κ1) is 37.3. The van der Waals surface area contributed by atoms with Crippen molar-refractivity contribution in [3.8, 4) is 11.5 Å². The number of esters is 4. The molecule has 0 saturated heterocycles. The molecular formula is C35H38N2O10S2. The molecule has 2 aromatic carbocycles. The van der Waals surface area contributed by atoms with Crippen LogP contribution in [0, 0.1) is 0 Å². The number of carbonyl (C=O) groups excluding carboxylic acids is 4. The normalized spacial score (nSPS) is 15.1. The zero-order valence-electron chi connectivity index (χ0n) is 27.3. The van der Waals surface area contributed by atoms with Crippen LogP contribution >= 0.6 is 23.5 Å². The van der Waals surface area contributed by atoms with Gasteiger partial charge in [-0.3, -0.25) is 9.98 Å². The predicted octanol–water partition coefficient (Wildman–Crippen LogP) is 4.34. The highest BCUT2D eigenvalue weighted by Gasteiger charge is 2.25. The molecule has 0 fully saturated rings. The molecule has 0 N–H and O–H groups in total. The average molecular weight is 711 g/mol. The number of carbonyl (C=O) groups is 4. The van der Waals surface area contributed by atoms with Crippen LogP contribution in [0.1, 0.15) is 25.0 Å². The third kappa shape index (κ3) is 11.2. The maximum absolute atomic E-state index is 12.2. The first-order chi connectivity index (χ1) is 23.6. The van der Waals surface area contributed by atoms with E-state index in [1.54, 1.807) is 0 Å². The van der Waals surface area contributed by atoms with Crippen LogP contribution in [0.15, 0.2) is 83.8 Å². The van der Waals surface area contributed by atoms with E-state index >= 15 is 0 Å². The molecule has 14 heteroatoms. The van der Waals surface area contributed by atoms with Gasteiger partial charge in [0.15, 0.2) is 22.3 Å². The fourth-order valence-electron chi connectivity index (χ4n) is 4.52. The van der Waals surface area contributed by atoms with Gasteiger partial charge in [-0.25, -0.2) is 19.2 Å². The van der Waals surface area contributed by atoms with E-state index in [1.165, 1.54) is 23.5 Å². The molecular weight excluding hydrogens is 673 g/mol. The lowest BCUT2D eigenvalue weighted by molar-refractivity contribution is -0.153. The minimum absolute atomic E-state index is 0.0406. The second-order valence-corrected chi connectivity index (χ2v) is 13.3. The zero-order valence-corrected chi connectivity index (χ0v) is 28.9. The number of thioether (sulfide) groups is 2. The van der Waals surface area contributed by atoms with Gasteiger partial charge in [-0.2, -0.15) is 0 Å². The second kappa shape index (κ2) is 18.3. The van der Waals surface area contributed by atoms with Gasteiger partial charge in [0.25, 0.3) is 0 Å². The summed E-state index contributed by atoms with van der Waals surface area (Å²) in [5.74, 6) is 0.107. The van der Waals surface area contributed by atoms with Gasteiger partial charge in [-0.1, -0.05) is 74.8 Å². The monoisotopic (exact) mass is 710 g/mol. The van der Waals surface area contributed by atoms with Gasteiger partial charge in [0, 0.05) is 42.2 Å². The Morgan fingerprint density at radius 1 is 0.694 bits per heavy atom. The van der Waals surface area contributed by atoms with Crippen LogP contribution in [0.4, 0.5) is 0 Å². The number of nitrogens with zero attached hydrogens (tertiary/aromatic N) is 2. The third-order valence-electron chi connectivity index (χ3n) is 7.24. The molecule has 49 heavy (non-hydrogen) atoms. The summed E-state index contributed by atoms with van der Waals surface area (Å²) in [4.78, 5) is 56.3. The molecule has 260 valence electrons. The Balaban J connectivity index is 1.31. The van der Waals surface area contributed by atoms with Gasteiger partial charge in [-0.05, 0) is 35.4 Å². The standard InChI is InChI=1S/C35H38N2O10S2/c1-5-29(38)46-27(21-44-33(40)31-36-15-17-48-31)19-42-25-11-7-23(8-12-25)35(3,4)24-9-13-26(14-10-24)43-20-28(47-30(39)6-2)22-45-34(41)32-37-16-18-49-32/h5-14,27-28H,1-2,15-22H2,3-4H3. The minimum Gasteiger partial charge on any atom is -0.490 e. The molecule has 0 amide bonds. The Morgan fingerprint density at radius 2 is 1.08 bits per heavy atom. The molecule has 12 nitrogen and oxygen atoms in total. The summed E-state index contributed by atoms with van der Waals surface area (Å²) in [6.07, 6.45) is 0.379. The zero-order chi connectivity index (χ0) is 35.2. The average Bonchev–Trinajstić information content (AvgIpc) is 3.86. The van der Waals surface area contributed by atoms with E-state index in [0.717, 1.165) is 34.8 Å². The summed E-state index contributed by atoms with van der Waals surface area (Å²) in [6, 6.07) is 15.0. The summed E-state index contributed by atoms with van der Waals surface area (Å²) in [6.45, 7) is 11.7. The lowest BCUT2D eigenvalue weighted by Gasteiger charge is -2.27. The molecule has 2 heterocycles. The van der Waals surface area contributed by atoms with Crippen molar-refractivity contribution in [2.75, 3.05) is 51.0 Å². The van der Waals surface area contributed by atoms with Gasteiger partial charge < -0.3 is 28.4 Å². The van der Waals surface area contributed by atoms with E-state index in [4.69, 9.17) is 28.4 Å². The van der Waals surface area contributed by atoms with Gasteiger partial charge in [-0.15, -0.1) is 0 Å². The highest BCUT2D eigenvalue weighted by molar-refractivity contribution is 8.16. The highest BCUT2D eigenvalue weighted by atomic mass is 32.2. The van der Waals surface area contributed by atoms with E-state index in [0.29, 0.717) is 34.7 Å². The molecule has 0 bridgehead atoms. The van der Waals surface area contributed by atoms with Crippen molar-refractivity contribution in [1.29, 1.82) is 0 Å². The molecule has 2 aliphatic heterocycles. The number of ether oxygens (including phenoxy) is 6. The summed E-state index contributed by atoms with van der Waals surface area (Å²) < 4.78 is 32.9. The summed E-state index contributed by atoms with van der Waals surface area (Å²) in [5, 5.41) is 0.611. The molecule has 2 aliphatic rings. The van der Waals surface area contributed by atoms with E-state index in [1.807, 2.05) is 48.5 Å². The van der Waals surface area contributed by atoms with E-state index < -0.39 is 41.5 Å². The Bertz CT molecular complexity index is 1460.